The maximum absolute atomic E-state index is 11.6. The maximum Gasteiger partial charge on any atom is 0.394 e. The molecule has 0 aromatic heterocycles. The van der Waals surface area contributed by atoms with E-state index in [2.05, 4.69) is 5.16 Å². The van der Waals surface area contributed by atoms with Gasteiger partial charge in [0.25, 0.3) is 0 Å². The molecular weight excluding hydrogens is 179 g/mol. The Kier molecular flexibility index (Phi) is 3.52. The van der Waals surface area contributed by atoms with Crippen molar-refractivity contribution in [2.75, 3.05) is 0 Å². The van der Waals surface area contributed by atoms with E-state index in [4.69, 9.17) is 10.3 Å². The zero-order valence-corrected chi connectivity index (χ0v) is 5.80. The van der Waals surface area contributed by atoms with Crippen LogP contribution >= 0.6 is 0 Å². The molecule has 0 atom stereocenters. The Labute approximate surface area is 65.3 Å². The Morgan fingerprint density at radius 1 is 1.42 bits per heavy atom. The van der Waals surface area contributed by atoms with Crippen LogP contribution in [0, 0.1) is 0 Å². The highest BCUT2D eigenvalue weighted by molar-refractivity contribution is 5.98. The SMILES string of the molecule is O=C(O)CC(CC(F)(F)F)=NO. The number of rotatable bonds is 3. The summed E-state index contributed by atoms with van der Waals surface area (Å²) < 4.78 is 34.7. The highest BCUT2D eigenvalue weighted by Gasteiger charge is 2.30. The van der Waals surface area contributed by atoms with Crippen LogP contribution in [0.15, 0.2) is 5.16 Å². The van der Waals surface area contributed by atoms with E-state index in [1.807, 2.05) is 0 Å². The fourth-order valence-electron chi connectivity index (χ4n) is 0.539. The van der Waals surface area contributed by atoms with E-state index in [9.17, 15) is 18.0 Å². The summed E-state index contributed by atoms with van der Waals surface area (Å²) in [5.74, 6) is -1.47. The molecule has 0 saturated heterocycles. The molecule has 12 heavy (non-hydrogen) atoms. The lowest BCUT2D eigenvalue weighted by molar-refractivity contribution is -0.136. The van der Waals surface area contributed by atoms with Gasteiger partial charge in [-0.25, -0.2) is 0 Å². The third-order valence-corrected chi connectivity index (χ3v) is 0.901. The normalized spacial score (nSPS) is 13.1. The molecule has 0 rings (SSSR count). The predicted molar refractivity (Wildman–Crippen MR) is 32.1 cm³/mol. The van der Waals surface area contributed by atoms with Crippen LogP contribution in [0.4, 0.5) is 13.2 Å². The third kappa shape index (κ3) is 5.51. The number of halogens is 3. The van der Waals surface area contributed by atoms with E-state index < -0.39 is 30.7 Å². The lowest BCUT2D eigenvalue weighted by Crippen LogP contribution is -2.17. The summed E-state index contributed by atoms with van der Waals surface area (Å²) in [5.41, 5.74) is -0.810. The molecule has 2 N–H and O–H groups in total. The van der Waals surface area contributed by atoms with Crippen LogP contribution in [0.5, 0.6) is 0 Å². The molecule has 0 fully saturated rings. The van der Waals surface area contributed by atoms with Crippen molar-refractivity contribution in [1.82, 2.24) is 0 Å². The topological polar surface area (TPSA) is 69.9 Å². The largest absolute Gasteiger partial charge is 0.481 e. The van der Waals surface area contributed by atoms with Gasteiger partial charge in [-0.2, -0.15) is 13.2 Å². The van der Waals surface area contributed by atoms with Crippen LogP contribution in [0.25, 0.3) is 0 Å². The van der Waals surface area contributed by atoms with Gasteiger partial charge in [0.1, 0.15) is 0 Å². The van der Waals surface area contributed by atoms with Crippen LogP contribution in [-0.2, 0) is 4.79 Å². The first-order chi connectivity index (χ1) is 5.35. The molecule has 0 aliphatic rings. The number of hydrogen-bond donors (Lipinski definition) is 2. The van der Waals surface area contributed by atoms with Crippen LogP contribution in [0.2, 0.25) is 0 Å². The Bertz CT molecular complexity index is 199. The first-order valence-electron chi connectivity index (χ1n) is 2.83. The standard InChI is InChI=1S/C5H6F3NO3/c6-5(7,8)2-3(9-12)1-4(10)11/h12H,1-2H2,(H,10,11). The van der Waals surface area contributed by atoms with Gasteiger partial charge in [0, 0.05) is 0 Å². The van der Waals surface area contributed by atoms with Gasteiger partial charge in [-0.15, -0.1) is 0 Å². The summed E-state index contributed by atoms with van der Waals surface area (Å²) in [7, 11) is 0. The second kappa shape index (κ2) is 3.93. The Morgan fingerprint density at radius 3 is 2.17 bits per heavy atom. The Balaban J connectivity index is 4.12. The van der Waals surface area contributed by atoms with Crippen molar-refractivity contribution in [3.05, 3.63) is 0 Å². The zero-order valence-electron chi connectivity index (χ0n) is 5.80. The van der Waals surface area contributed by atoms with Crippen LogP contribution in [0.3, 0.4) is 0 Å². The fourth-order valence-corrected chi connectivity index (χ4v) is 0.539. The van der Waals surface area contributed by atoms with Crippen molar-refractivity contribution in [2.45, 2.75) is 19.0 Å². The van der Waals surface area contributed by atoms with Gasteiger partial charge in [-0.3, -0.25) is 4.79 Å². The summed E-state index contributed by atoms with van der Waals surface area (Å²) in [5, 5.41) is 18.2. The number of hydrogen-bond acceptors (Lipinski definition) is 3. The number of nitrogens with zero attached hydrogens (tertiary/aromatic N) is 1. The van der Waals surface area contributed by atoms with Gasteiger partial charge in [0.05, 0.1) is 18.6 Å². The lowest BCUT2D eigenvalue weighted by Gasteiger charge is -2.05. The van der Waals surface area contributed by atoms with Crippen LogP contribution < -0.4 is 0 Å². The van der Waals surface area contributed by atoms with Gasteiger partial charge < -0.3 is 10.3 Å². The molecule has 0 bridgehead atoms. The molecule has 0 unspecified atom stereocenters. The quantitative estimate of drug-likeness (QED) is 0.394. The number of alkyl halides is 3. The molecule has 0 saturated carbocycles. The number of oxime groups is 1. The molecule has 4 nitrogen and oxygen atoms in total. The summed E-state index contributed by atoms with van der Waals surface area (Å²) in [6.45, 7) is 0. The van der Waals surface area contributed by atoms with Crippen molar-refractivity contribution in [1.29, 1.82) is 0 Å². The van der Waals surface area contributed by atoms with E-state index in [0.29, 0.717) is 0 Å². The summed E-state index contributed by atoms with van der Waals surface area (Å²) in [4.78, 5) is 9.90. The van der Waals surface area contributed by atoms with Crippen LogP contribution in [0.1, 0.15) is 12.8 Å². The van der Waals surface area contributed by atoms with Crippen molar-refractivity contribution in [2.24, 2.45) is 5.16 Å². The van der Waals surface area contributed by atoms with E-state index >= 15 is 0 Å². The second-order valence-electron chi connectivity index (χ2n) is 2.03. The highest BCUT2D eigenvalue weighted by Crippen LogP contribution is 2.20. The Hall–Kier alpha value is -1.27. The molecule has 0 aliphatic carbocycles. The van der Waals surface area contributed by atoms with E-state index in [1.54, 1.807) is 0 Å². The van der Waals surface area contributed by atoms with E-state index in [-0.39, 0.29) is 0 Å². The second-order valence-corrected chi connectivity index (χ2v) is 2.03. The van der Waals surface area contributed by atoms with Crippen molar-refractivity contribution < 1.29 is 28.3 Å². The Morgan fingerprint density at radius 2 is 1.92 bits per heavy atom. The molecule has 0 aromatic rings. The van der Waals surface area contributed by atoms with Gasteiger partial charge in [-0.05, 0) is 0 Å². The minimum absolute atomic E-state index is 0.810. The van der Waals surface area contributed by atoms with Crippen LogP contribution in [-0.4, -0.2) is 28.2 Å². The fraction of sp³-hybridized carbons (Fsp3) is 0.600. The van der Waals surface area contributed by atoms with E-state index in [1.165, 1.54) is 0 Å². The minimum Gasteiger partial charge on any atom is -0.481 e. The average molecular weight is 185 g/mol. The molecular formula is C5H6F3NO3. The number of carboxylic acid groups (broad SMARTS) is 1. The molecule has 0 radical (unpaired) electrons. The molecule has 0 heterocycles. The zero-order chi connectivity index (χ0) is 9.78. The predicted octanol–water partition coefficient (Wildman–Crippen LogP) is 1.24. The summed E-state index contributed by atoms with van der Waals surface area (Å²) in [6.07, 6.45) is -6.96. The average Bonchev–Trinajstić information content (AvgIpc) is 1.82. The minimum atomic E-state index is -4.54. The highest BCUT2D eigenvalue weighted by atomic mass is 19.4. The number of carbonyl (C=O) groups is 1. The molecule has 0 aliphatic heterocycles. The number of carboxylic acids is 1. The van der Waals surface area contributed by atoms with Crippen molar-refractivity contribution >= 4 is 11.7 Å². The van der Waals surface area contributed by atoms with Gasteiger partial charge in [0.2, 0.25) is 0 Å². The maximum atomic E-state index is 11.6. The molecule has 0 spiro atoms. The molecule has 0 amide bonds. The van der Waals surface area contributed by atoms with Gasteiger partial charge in [0.15, 0.2) is 0 Å². The first-order valence-corrected chi connectivity index (χ1v) is 2.83. The molecule has 0 aromatic carbocycles. The van der Waals surface area contributed by atoms with E-state index in [0.717, 1.165) is 0 Å². The van der Waals surface area contributed by atoms with Gasteiger partial charge >= 0.3 is 12.1 Å². The third-order valence-electron chi connectivity index (χ3n) is 0.901. The monoisotopic (exact) mass is 185 g/mol. The van der Waals surface area contributed by atoms with Gasteiger partial charge in [-0.1, -0.05) is 5.16 Å². The van der Waals surface area contributed by atoms with Crippen molar-refractivity contribution in [3.63, 3.8) is 0 Å². The van der Waals surface area contributed by atoms with Crippen molar-refractivity contribution in [3.8, 4) is 0 Å². The lowest BCUT2D eigenvalue weighted by atomic mass is 10.2. The molecule has 7 heteroatoms. The summed E-state index contributed by atoms with van der Waals surface area (Å²) >= 11 is 0. The smallest absolute Gasteiger partial charge is 0.394 e. The molecule has 70 valence electrons. The first kappa shape index (κ1) is 10.7. The number of aliphatic carboxylic acids is 1. The summed E-state index contributed by atoms with van der Waals surface area (Å²) in [6, 6.07) is 0.